The highest BCUT2D eigenvalue weighted by molar-refractivity contribution is 5.92. The van der Waals surface area contributed by atoms with Crippen LogP contribution in [0.2, 0.25) is 0 Å². The zero-order valence-corrected chi connectivity index (χ0v) is 11.5. The topological polar surface area (TPSA) is 109 Å². The number of carbonyl (C=O) groups excluding carboxylic acids is 1. The molecule has 2 aromatic rings. The Balaban J connectivity index is 2.37. The van der Waals surface area contributed by atoms with Crippen molar-refractivity contribution >= 4 is 23.1 Å². The van der Waals surface area contributed by atoms with E-state index in [-0.39, 0.29) is 11.5 Å². The van der Waals surface area contributed by atoms with E-state index in [9.17, 15) is 4.79 Å². The minimum Gasteiger partial charge on any atom is -0.388 e. The van der Waals surface area contributed by atoms with Gasteiger partial charge in [0, 0.05) is 30.5 Å². The summed E-state index contributed by atoms with van der Waals surface area (Å²) in [6, 6.07) is 13.1. The SMILES string of the molecule is N=C(N)CCN(c1ccccc1)c1ccnc(C(N)=O)c1. The number of para-hydroxylation sites is 1. The fraction of sp³-hybridized carbons (Fsp3) is 0.133. The van der Waals surface area contributed by atoms with Crippen molar-refractivity contribution in [2.45, 2.75) is 6.42 Å². The van der Waals surface area contributed by atoms with Crippen LogP contribution in [0.3, 0.4) is 0 Å². The van der Waals surface area contributed by atoms with Crippen LogP contribution in [0.15, 0.2) is 48.7 Å². The van der Waals surface area contributed by atoms with Gasteiger partial charge < -0.3 is 16.4 Å². The number of primary amides is 1. The first-order chi connectivity index (χ1) is 10.1. The monoisotopic (exact) mass is 283 g/mol. The number of rotatable bonds is 6. The maximum atomic E-state index is 11.3. The number of nitrogens with two attached hydrogens (primary N) is 2. The molecule has 0 radical (unpaired) electrons. The number of aromatic nitrogens is 1. The van der Waals surface area contributed by atoms with Gasteiger partial charge in [0.25, 0.3) is 5.91 Å². The Labute approximate surface area is 122 Å². The number of hydrogen-bond donors (Lipinski definition) is 3. The van der Waals surface area contributed by atoms with E-state index in [0.29, 0.717) is 13.0 Å². The number of amides is 1. The molecule has 108 valence electrons. The average molecular weight is 283 g/mol. The van der Waals surface area contributed by atoms with Gasteiger partial charge in [0.05, 0.1) is 5.84 Å². The zero-order valence-electron chi connectivity index (χ0n) is 11.5. The second kappa shape index (κ2) is 6.51. The normalized spacial score (nSPS) is 10.1. The van der Waals surface area contributed by atoms with Gasteiger partial charge in [-0.05, 0) is 24.3 Å². The molecule has 21 heavy (non-hydrogen) atoms. The van der Waals surface area contributed by atoms with Crippen LogP contribution in [0.5, 0.6) is 0 Å². The van der Waals surface area contributed by atoms with E-state index in [0.717, 1.165) is 11.4 Å². The highest BCUT2D eigenvalue weighted by Crippen LogP contribution is 2.25. The van der Waals surface area contributed by atoms with Gasteiger partial charge in [0.15, 0.2) is 0 Å². The van der Waals surface area contributed by atoms with Crippen molar-refractivity contribution < 1.29 is 4.79 Å². The molecule has 0 aliphatic carbocycles. The van der Waals surface area contributed by atoms with Crippen molar-refractivity contribution in [3.05, 3.63) is 54.4 Å². The Morgan fingerprint density at radius 1 is 1.14 bits per heavy atom. The fourth-order valence-electron chi connectivity index (χ4n) is 1.97. The van der Waals surface area contributed by atoms with E-state index in [1.54, 1.807) is 18.3 Å². The highest BCUT2D eigenvalue weighted by Gasteiger charge is 2.12. The van der Waals surface area contributed by atoms with Crippen LogP contribution in [-0.4, -0.2) is 23.3 Å². The van der Waals surface area contributed by atoms with Crippen molar-refractivity contribution in [2.24, 2.45) is 11.5 Å². The summed E-state index contributed by atoms with van der Waals surface area (Å²) in [6.45, 7) is 0.529. The van der Waals surface area contributed by atoms with Crippen LogP contribution >= 0.6 is 0 Å². The lowest BCUT2D eigenvalue weighted by Crippen LogP contribution is -2.24. The lowest BCUT2D eigenvalue weighted by Gasteiger charge is -2.25. The molecule has 1 heterocycles. The van der Waals surface area contributed by atoms with Crippen molar-refractivity contribution in [2.75, 3.05) is 11.4 Å². The Morgan fingerprint density at radius 2 is 1.86 bits per heavy atom. The minimum absolute atomic E-state index is 0.111. The van der Waals surface area contributed by atoms with Crippen molar-refractivity contribution in [1.29, 1.82) is 5.41 Å². The van der Waals surface area contributed by atoms with Gasteiger partial charge in [-0.1, -0.05) is 18.2 Å². The van der Waals surface area contributed by atoms with E-state index < -0.39 is 5.91 Å². The van der Waals surface area contributed by atoms with Crippen LogP contribution in [0.4, 0.5) is 11.4 Å². The van der Waals surface area contributed by atoms with E-state index in [1.165, 1.54) is 0 Å². The van der Waals surface area contributed by atoms with Gasteiger partial charge in [-0.25, -0.2) is 0 Å². The third kappa shape index (κ3) is 3.79. The second-order valence-corrected chi connectivity index (χ2v) is 4.53. The smallest absolute Gasteiger partial charge is 0.267 e. The molecule has 5 N–H and O–H groups in total. The number of amidine groups is 1. The summed E-state index contributed by atoms with van der Waals surface area (Å²) >= 11 is 0. The summed E-state index contributed by atoms with van der Waals surface area (Å²) < 4.78 is 0. The molecule has 1 amide bonds. The minimum atomic E-state index is -0.573. The molecular formula is C15H17N5O. The molecule has 0 fully saturated rings. The molecule has 0 aliphatic heterocycles. The van der Waals surface area contributed by atoms with Crippen molar-refractivity contribution in [3.63, 3.8) is 0 Å². The molecular weight excluding hydrogens is 266 g/mol. The summed E-state index contributed by atoms with van der Waals surface area (Å²) in [5.41, 5.74) is 12.6. The van der Waals surface area contributed by atoms with Crippen molar-refractivity contribution in [1.82, 2.24) is 4.98 Å². The number of benzene rings is 1. The predicted octanol–water partition coefficient (Wildman–Crippen LogP) is 1.64. The zero-order chi connectivity index (χ0) is 15.2. The van der Waals surface area contributed by atoms with Crippen molar-refractivity contribution in [3.8, 4) is 0 Å². The van der Waals surface area contributed by atoms with E-state index in [2.05, 4.69) is 4.98 Å². The Bertz CT molecular complexity index is 642. The Kier molecular flexibility index (Phi) is 4.50. The third-order valence-corrected chi connectivity index (χ3v) is 2.98. The van der Waals surface area contributed by atoms with Crippen LogP contribution < -0.4 is 16.4 Å². The number of nitrogens with one attached hydrogen (secondary N) is 1. The molecule has 0 bridgehead atoms. The van der Waals surface area contributed by atoms with E-state index in [1.807, 2.05) is 35.2 Å². The largest absolute Gasteiger partial charge is 0.388 e. The Hall–Kier alpha value is -2.89. The molecule has 1 aromatic heterocycles. The lowest BCUT2D eigenvalue weighted by atomic mass is 10.2. The molecule has 0 spiro atoms. The molecule has 0 atom stereocenters. The molecule has 6 heteroatoms. The fourth-order valence-corrected chi connectivity index (χ4v) is 1.97. The summed E-state index contributed by atoms with van der Waals surface area (Å²) in [5, 5.41) is 7.39. The van der Waals surface area contributed by atoms with E-state index >= 15 is 0 Å². The lowest BCUT2D eigenvalue weighted by molar-refractivity contribution is 0.0995. The Morgan fingerprint density at radius 3 is 2.48 bits per heavy atom. The predicted molar refractivity (Wildman–Crippen MR) is 82.7 cm³/mol. The molecule has 0 saturated heterocycles. The summed E-state index contributed by atoms with van der Waals surface area (Å²) in [7, 11) is 0. The van der Waals surface area contributed by atoms with Gasteiger partial charge in [0.2, 0.25) is 0 Å². The first-order valence-corrected chi connectivity index (χ1v) is 6.49. The average Bonchev–Trinajstić information content (AvgIpc) is 2.48. The molecule has 0 aliphatic rings. The first kappa shape index (κ1) is 14.5. The van der Waals surface area contributed by atoms with Gasteiger partial charge >= 0.3 is 0 Å². The summed E-state index contributed by atoms with van der Waals surface area (Å²) in [5.74, 6) is -0.462. The number of anilines is 2. The van der Waals surface area contributed by atoms with Crippen LogP contribution in [0, 0.1) is 5.41 Å². The van der Waals surface area contributed by atoms with Gasteiger partial charge in [-0.2, -0.15) is 0 Å². The summed E-state index contributed by atoms with van der Waals surface area (Å²) in [4.78, 5) is 17.2. The molecule has 1 aromatic carbocycles. The maximum absolute atomic E-state index is 11.3. The number of hydrogen-bond acceptors (Lipinski definition) is 4. The van der Waals surface area contributed by atoms with Crippen LogP contribution in [0.1, 0.15) is 16.9 Å². The van der Waals surface area contributed by atoms with Crippen LogP contribution in [-0.2, 0) is 0 Å². The number of carbonyl (C=O) groups is 1. The summed E-state index contributed by atoms with van der Waals surface area (Å²) in [6.07, 6.45) is 1.96. The highest BCUT2D eigenvalue weighted by atomic mass is 16.1. The third-order valence-electron chi connectivity index (χ3n) is 2.98. The van der Waals surface area contributed by atoms with Gasteiger partial charge in [-0.3, -0.25) is 15.2 Å². The second-order valence-electron chi connectivity index (χ2n) is 4.53. The molecule has 0 unspecified atom stereocenters. The molecule has 6 nitrogen and oxygen atoms in total. The van der Waals surface area contributed by atoms with E-state index in [4.69, 9.17) is 16.9 Å². The molecule has 0 saturated carbocycles. The van der Waals surface area contributed by atoms with Gasteiger partial charge in [0.1, 0.15) is 5.69 Å². The quantitative estimate of drug-likeness (QED) is 0.553. The number of pyridine rings is 1. The number of nitrogens with zero attached hydrogens (tertiary/aromatic N) is 2. The molecule has 2 rings (SSSR count). The van der Waals surface area contributed by atoms with Gasteiger partial charge in [-0.15, -0.1) is 0 Å². The van der Waals surface area contributed by atoms with Crippen LogP contribution in [0.25, 0.3) is 0 Å². The maximum Gasteiger partial charge on any atom is 0.267 e. The first-order valence-electron chi connectivity index (χ1n) is 6.49. The standard InChI is InChI=1S/C15H17N5O/c16-14(17)7-9-20(11-4-2-1-3-5-11)12-6-8-19-13(10-12)15(18)21/h1-6,8,10H,7,9H2,(H3,16,17)(H2,18,21).